The maximum Gasteiger partial charge on any atom is 0.230 e. The molecule has 2 heterocycles. The number of fused-ring (bicyclic) bond motifs is 1. The molecule has 98 valence electrons. The highest BCUT2D eigenvalue weighted by Crippen LogP contribution is 2.12. The van der Waals surface area contributed by atoms with E-state index in [9.17, 15) is 4.79 Å². The van der Waals surface area contributed by atoms with Crippen LogP contribution < -0.4 is 5.32 Å². The van der Waals surface area contributed by atoms with Crippen LogP contribution in [0.4, 0.5) is 5.69 Å². The smallest absolute Gasteiger partial charge is 0.230 e. The van der Waals surface area contributed by atoms with Crippen LogP contribution in [-0.2, 0) is 11.2 Å². The highest BCUT2D eigenvalue weighted by molar-refractivity contribution is 5.92. The van der Waals surface area contributed by atoms with Gasteiger partial charge < -0.3 is 5.32 Å². The largest absolute Gasteiger partial charge is 0.324 e. The van der Waals surface area contributed by atoms with E-state index in [-0.39, 0.29) is 12.3 Å². The Balaban J connectivity index is 1.74. The number of aromatic nitrogens is 2. The number of carbonyl (C=O) groups is 1. The third-order valence-corrected chi connectivity index (χ3v) is 2.94. The Morgan fingerprint density at radius 2 is 1.95 bits per heavy atom. The lowest BCUT2D eigenvalue weighted by Crippen LogP contribution is -2.15. The fourth-order valence-corrected chi connectivity index (χ4v) is 2.01. The number of para-hydroxylation sites is 1. The van der Waals surface area contributed by atoms with E-state index in [1.807, 2.05) is 36.4 Å². The van der Waals surface area contributed by atoms with E-state index in [4.69, 9.17) is 0 Å². The second-order valence-corrected chi connectivity index (χ2v) is 4.46. The first-order valence-electron chi connectivity index (χ1n) is 6.36. The summed E-state index contributed by atoms with van der Waals surface area (Å²) < 4.78 is 0. The topological polar surface area (TPSA) is 54.9 Å². The number of hydrogen-bond acceptors (Lipinski definition) is 3. The van der Waals surface area contributed by atoms with Crippen molar-refractivity contribution in [2.24, 2.45) is 0 Å². The number of amides is 1. The van der Waals surface area contributed by atoms with Gasteiger partial charge in [-0.05, 0) is 24.3 Å². The molecule has 20 heavy (non-hydrogen) atoms. The van der Waals surface area contributed by atoms with Crippen molar-refractivity contribution in [3.63, 3.8) is 0 Å². The van der Waals surface area contributed by atoms with Crippen molar-refractivity contribution in [1.29, 1.82) is 0 Å². The van der Waals surface area contributed by atoms with Gasteiger partial charge in [0.2, 0.25) is 5.91 Å². The van der Waals surface area contributed by atoms with E-state index in [0.29, 0.717) is 5.69 Å². The average molecular weight is 263 g/mol. The van der Waals surface area contributed by atoms with Gasteiger partial charge in [0.1, 0.15) is 0 Å². The number of carbonyl (C=O) groups excluding carboxylic acids is 1. The second-order valence-electron chi connectivity index (χ2n) is 4.46. The van der Waals surface area contributed by atoms with Gasteiger partial charge >= 0.3 is 0 Å². The first kappa shape index (κ1) is 12.3. The number of nitrogens with one attached hydrogen (secondary N) is 1. The zero-order valence-electron chi connectivity index (χ0n) is 10.8. The molecule has 3 rings (SSSR count). The Morgan fingerprint density at radius 1 is 1.05 bits per heavy atom. The van der Waals surface area contributed by atoms with E-state index in [1.54, 1.807) is 24.5 Å². The van der Waals surface area contributed by atoms with Gasteiger partial charge in [0.15, 0.2) is 0 Å². The number of benzene rings is 1. The summed E-state index contributed by atoms with van der Waals surface area (Å²) in [5.74, 6) is -0.0965. The molecule has 0 aliphatic rings. The highest BCUT2D eigenvalue weighted by Gasteiger charge is 2.06. The third kappa shape index (κ3) is 2.80. The van der Waals surface area contributed by atoms with E-state index in [1.165, 1.54) is 0 Å². The van der Waals surface area contributed by atoms with Crippen molar-refractivity contribution in [2.45, 2.75) is 6.42 Å². The molecule has 0 bridgehead atoms. The van der Waals surface area contributed by atoms with Crippen LogP contribution in [-0.4, -0.2) is 15.9 Å². The Labute approximate surface area is 116 Å². The van der Waals surface area contributed by atoms with Gasteiger partial charge in [-0.25, -0.2) is 0 Å². The SMILES string of the molecule is O=C(Cc1ccc2ccccc2n1)Nc1cccnc1. The molecule has 4 heteroatoms. The maximum absolute atomic E-state index is 11.9. The molecule has 0 atom stereocenters. The fourth-order valence-electron chi connectivity index (χ4n) is 2.01. The van der Waals surface area contributed by atoms with Crippen LogP contribution in [0.5, 0.6) is 0 Å². The van der Waals surface area contributed by atoms with Crippen LogP contribution in [0.25, 0.3) is 10.9 Å². The first-order valence-corrected chi connectivity index (χ1v) is 6.36. The highest BCUT2D eigenvalue weighted by atomic mass is 16.1. The maximum atomic E-state index is 11.9. The Kier molecular flexibility index (Phi) is 3.37. The molecule has 1 N–H and O–H groups in total. The van der Waals surface area contributed by atoms with Crippen LogP contribution in [0.1, 0.15) is 5.69 Å². The van der Waals surface area contributed by atoms with E-state index in [0.717, 1.165) is 16.6 Å². The molecule has 0 aliphatic carbocycles. The molecule has 0 spiro atoms. The molecule has 1 aromatic carbocycles. The molecule has 0 unspecified atom stereocenters. The quantitative estimate of drug-likeness (QED) is 0.790. The molecule has 3 aromatic rings. The van der Waals surface area contributed by atoms with Gasteiger partial charge in [0, 0.05) is 11.6 Å². The van der Waals surface area contributed by atoms with Crippen LogP contribution in [0.3, 0.4) is 0 Å². The summed E-state index contributed by atoms with van der Waals surface area (Å²) in [5, 5.41) is 3.87. The molecule has 0 fully saturated rings. The zero-order valence-corrected chi connectivity index (χ0v) is 10.8. The van der Waals surface area contributed by atoms with Crippen molar-refractivity contribution in [3.05, 3.63) is 66.6 Å². The van der Waals surface area contributed by atoms with Gasteiger partial charge in [-0.2, -0.15) is 0 Å². The van der Waals surface area contributed by atoms with E-state index >= 15 is 0 Å². The standard InChI is InChI=1S/C16H13N3O/c20-16(19-14-5-3-9-17-11-14)10-13-8-7-12-4-1-2-6-15(12)18-13/h1-9,11H,10H2,(H,19,20). The first-order chi connectivity index (χ1) is 9.81. The molecule has 0 aliphatic heterocycles. The van der Waals surface area contributed by atoms with Gasteiger partial charge in [-0.3, -0.25) is 14.8 Å². The van der Waals surface area contributed by atoms with Gasteiger partial charge in [-0.15, -0.1) is 0 Å². The summed E-state index contributed by atoms with van der Waals surface area (Å²) in [4.78, 5) is 20.4. The number of pyridine rings is 2. The summed E-state index contributed by atoms with van der Waals surface area (Å²) in [6, 6.07) is 15.3. The number of nitrogens with zero attached hydrogens (tertiary/aromatic N) is 2. The van der Waals surface area contributed by atoms with Crippen LogP contribution in [0, 0.1) is 0 Å². The fraction of sp³-hybridized carbons (Fsp3) is 0.0625. The minimum absolute atomic E-state index is 0.0965. The lowest BCUT2D eigenvalue weighted by atomic mass is 10.2. The predicted molar refractivity (Wildman–Crippen MR) is 78.3 cm³/mol. The monoisotopic (exact) mass is 263 g/mol. The molecule has 0 radical (unpaired) electrons. The van der Waals surface area contributed by atoms with Crippen molar-refractivity contribution in [3.8, 4) is 0 Å². The van der Waals surface area contributed by atoms with Crippen LogP contribution >= 0.6 is 0 Å². The van der Waals surface area contributed by atoms with E-state index < -0.39 is 0 Å². The van der Waals surface area contributed by atoms with Gasteiger partial charge in [0.05, 0.1) is 29.5 Å². The molecule has 4 nitrogen and oxygen atoms in total. The minimum atomic E-state index is -0.0965. The van der Waals surface area contributed by atoms with Crippen molar-refractivity contribution in [2.75, 3.05) is 5.32 Å². The number of hydrogen-bond donors (Lipinski definition) is 1. The summed E-state index contributed by atoms with van der Waals surface area (Å²) >= 11 is 0. The molecule has 1 amide bonds. The molecule has 0 saturated carbocycles. The summed E-state index contributed by atoms with van der Waals surface area (Å²) in [6.45, 7) is 0. The molecular formula is C16H13N3O. The minimum Gasteiger partial charge on any atom is -0.324 e. The summed E-state index contributed by atoms with van der Waals surface area (Å²) in [5.41, 5.74) is 2.35. The average Bonchev–Trinajstić information content (AvgIpc) is 2.48. The van der Waals surface area contributed by atoms with E-state index in [2.05, 4.69) is 15.3 Å². The molecule has 0 saturated heterocycles. The van der Waals surface area contributed by atoms with Crippen molar-refractivity contribution >= 4 is 22.5 Å². The number of rotatable bonds is 3. The predicted octanol–water partition coefficient (Wildman–Crippen LogP) is 2.81. The van der Waals surface area contributed by atoms with Crippen molar-refractivity contribution < 1.29 is 4.79 Å². The van der Waals surface area contributed by atoms with Crippen LogP contribution in [0.15, 0.2) is 60.9 Å². The summed E-state index contributed by atoms with van der Waals surface area (Å²) in [7, 11) is 0. The molecule has 2 aromatic heterocycles. The van der Waals surface area contributed by atoms with Gasteiger partial charge in [0.25, 0.3) is 0 Å². The Morgan fingerprint density at radius 3 is 2.80 bits per heavy atom. The van der Waals surface area contributed by atoms with Crippen LogP contribution in [0.2, 0.25) is 0 Å². The Bertz CT molecular complexity index is 741. The lowest BCUT2D eigenvalue weighted by Gasteiger charge is -2.05. The zero-order chi connectivity index (χ0) is 13.8. The van der Waals surface area contributed by atoms with Gasteiger partial charge in [-0.1, -0.05) is 24.3 Å². The third-order valence-electron chi connectivity index (χ3n) is 2.94. The van der Waals surface area contributed by atoms with Crippen molar-refractivity contribution in [1.82, 2.24) is 9.97 Å². The lowest BCUT2D eigenvalue weighted by molar-refractivity contribution is -0.115. The summed E-state index contributed by atoms with van der Waals surface area (Å²) in [6.07, 6.45) is 3.53. The molecular weight excluding hydrogens is 250 g/mol. The second kappa shape index (κ2) is 5.48. The Hall–Kier alpha value is -2.75. The number of anilines is 1. The normalized spacial score (nSPS) is 10.4.